The van der Waals surface area contributed by atoms with Crippen LogP contribution in [0.25, 0.3) is 10.6 Å². The molecule has 0 amide bonds. The second kappa shape index (κ2) is 9.85. The molecule has 1 unspecified atom stereocenters. The summed E-state index contributed by atoms with van der Waals surface area (Å²) in [4.78, 5) is 11.8. The Morgan fingerprint density at radius 1 is 1.37 bits per heavy atom. The number of thiazole rings is 1. The van der Waals surface area contributed by atoms with E-state index in [0.29, 0.717) is 5.92 Å². The topological polar surface area (TPSA) is 49.8 Å². The van der Waals surface area contributed by atoms with E-state index in [1.165, 1.54) is 11.1 Å². The molecule has 5 nitrogen and oxygen atoms in total. The Labute approximate surface area is 166 Å². The lowest BCUT2D eigenvalue weighted by Crippen LogP contribution is -2.41. The number of aromatic nitrogens is 1. The van der Waals surface area contributed by atoms with Gasteiger partial charge in [0.1, 0.15) is 5.01 Å². The molecule has 0 aliphatic carbocycles. The predicted molar refractivity (Wildman–Crippen MR) is 114 cm³/mol. The van der Waals surface area contributed by atoms with Crippen molar-refractivity contribution in [1.29, 1.82) is 0 Å². The number of aliphatic imine (C=N–C) groups is 1. The molecule has 3 rings (SSSR count). The van der Waals surface area contributed by atoms with Crippen LogP contribution in [-0.4, -0.2) is 55.7 Å². The number of nitrogens with zero attached hydrogens (tertiary/aromatic N) is 3. The van der Waals surface area contributed by atoms with Crippen molar-refractivity contribution in [2.24, 2.45) is 10.9 Å². The number of ether oxygens (including phenoxy) is 1. The molecule has 2 heterocycles. The van der Waals surface area contributed by atoms with Crippen LogP contribution in [0.4, 0.5) is 0 Å². The normalized spacial score (nSPS) is 17.3. The van der Waals surface area contributed by atoms with Crippen LogP contribution in [-0.2, 0) is 11.2 Å². The summed E-state index contributed by atoms with van der Waals surface area (Å²) in [5, 5.41) is 6.63. The number of hydrogen-bond donors (Lipinski definition) is 1. The highest BCUT2D eigenvalue weighted by molar-refractivity contribution is 7.13. The van der Waals surface area contributed by atoms with Crippen LogP contribution in [0.2, 0.25) is 0 Å². The van der Waals surface area contributed by atoms with Gasteiger partial charge in [-0.3, -0.25) is 4.99 Å². The molecule has 1 aliphatic rings. The molecule has 1 N–H and O–H groups in total. The summed E-state index contributed by atoms with van der Waals surface area (Å²) in [6, 6.07) is 8.55. The van der Waals surface area contributed by atoms with E-state index in [1.54, 1.807) is 11.3 Å². The maximum atomic E-state index is 5.49. The highest BCUT2D eigenvalue weighted by Crippen LogP contribution is 2.24. The monoisotopic (exact) mass is 386 g/mol. The molecule has 1 aromatic heterocycles. The lowest BCUT2D eigenvalue weighted by molar-refractivity contribution is 0.181. The fourth-order valence-corrected chi connectivity index (χ4v) is 4.06. The summed E-state index contributed by atoms with van der Waals surface area (Å²) in [5.41, 5.74) is 3.57. The summed E-state index contributed by atoms with van der Waals surface area (Å²) in [5.74, 6) is 1.58. The summed E-state index contributed by atoms with van der Waals surface area (Å²) in [7, 11) is 2.11. The van der Waals surface area contributed by atoms with E-state index in [1.807, 2.05) is 0 Å². The average Bonchev–Trinajstić information content (AvgIpc) is 3.34. The molecule has 146 valence electrons. The fourth-order valence-electron chi connectivity index (χ4n) is 3.20. The Kier molecular flexibility index (Phi) is 7.24. The summed E-state index contributed by atoms with van der Waals surface area (Å²) in [6.45, 7) is 8.57. The van der Waals surface area contributed by atoms with E-state index < -0.39 is 0 Å². The van der Waals surface area contributed by atoms with Gasteiger partial charge in [0.05, 0.1) is 12.3 Å². The molecule has 1 aromatic carbocycles. The number of guanidine groups is 1. The maximum Gasteiger partial charge on any atom is 0.193 e. The molecular weight excluding hydrogens is 356 g/mol. The largest absolute Gasteiger partial charge is 0.381 e. The number of rotatable bonds is 7. The smallest absolute Gasteiger partial charge is 0.193 e. The number of nitrogens with one attached hydrogen (secondary N) is 1. The molecule has 1 saturated heterocycles. The summed E-state index contributed by atoms with van der Waals surface area (Å²) in [6.07, 6.45) is 2.00. The minimum atomic E-state index is 0.606. The first-order valence-electron chi connectivity index (χ1n) is 9.74. The highest BCUT2D eigenvalue weighted by atomic mass is 32.1. The van der Waals surface area contributed by atoms with Crippen LogP contribution in [0.3, 0.4) is 0 Å². The Morgan fingerprint density at radius 2 is 2.19 bits per heavy atom. The number of benzene rings is 1. The lowest BCUT2D eigenvalue weighted by atomic mass is 10.1. The minimum Gasteiger partial charge on any atom is -0.381 e. The van der Waals surface area contributed by atoms with Crippen molar-refractivity contribution in [1.82, 2.24) is 15.2 Å². The average molecular weight is 387 g/mol. The molecule has 0 spiro atoms. The quantitative estimate of drug-likeness (QED) is 0.584. The third-order valence-electron chi connectivity index (χ3n) is 4.73. The first-order valence-corrected chi connectivity index (χ1v) is 10.6. The van der Waals surface area contributed by atoms with Gasteiger partial charge in [0.2, 0.25) is 0 Å². The molecule has 0 saturated carbocycles. The van der Waals surface area contributed by atoms with Crippen LogP contribution >= 0.6 is 11.3 Å². The van der Waals surface area contributed by atoms with Crippen LogP contribution in [0, 0.1) is 12.8 Å². The minimum absolute atomic E-state index is 0.606. The highest BCUT2D eigenvalue weighted by Gasteiger charge is 2.19. The van der Waals surface area contributed by atoms with Gasteiger partial charge in [-0.15, -0.1) is 11.3 Å². The van der Waals surface area contributed by atoms with E-state index >= 15 is 0 Å². The predicted octanol–water partition coefficient (Wildman–Crippen LogP) is 3.59. The Morgan fingerprint density at radius 3 is 2.89 bits per heavy atom. The molecule has 1 fully saturated rings. The molecule has 1 atom stereocenters. The van der Waals surface area contributed by atoms with Crippen molar-refractivity contribution in [3.05, 3.63) is 40.9 Å². The third-order valence-corrected chi connectivity index (χ3v) is 5.67. The number of hydrogen-bond acceptors (Lipinski definition) is 4. The summed E-state index contributed by atoms with van der Waals surface area (Å²) < 4.78 is 5.49. The van der Waals surface area contributed by atoms with Crippen molar-refractivity contribution < 1.29 is 4.74 Å². The zero-order chi connectivity index (χ0) is 19.1. The molecular formula is C21H30N4OS. The van der Waals surface area contributed by atoms with Gasteiger partial charge in [-0.05, 0) is 20.3 Å². The first kappa shape index (κ1) is 19.8. The summed E-state index contributed by atoms with van der Waals surface area (Å²) >= 11 is 1.71. The third kappa shape index (κ3) is 5.78. The van der Waals surface area contributed by atoms with Gasteiger partial charge < -0.3 is 15.0 Å². The van der Waals surface area contributed by atoms with Crippen molar-refractivity contribution in [2.45, 2.75) is 26.7 Å². The Bertz CT molecular complexity index is 735. The lowest BCUT2D eigenvalue weighted by Gasteiger charge is -2.24. The van der Waals surface area contributed by atoms with Crippen LogP contribution in [0.1, 0.15) is 24.6 Å². The second-order valence-corrected chi connectivity index (χ2v) is 7.96. The first-order chi connectivity index (χ1) is 13.2. The van der Waals surface area contributed by atoms with Crippen LogP contribution in [0.5, 0.6) is 0 Å². The molecule has 2 aromatic rings. The zero-order valence-electron chi connectivity index (χ0n) is 16.6. The van der Waals surface area contributed by atoms with Crippen molar-refractivity contribution in [3.8, 4) is 10.6 Å². The van der Waals surface area contributed by atoms with Crippen LogP contribution in [0.15, 0.2) is 34.6 Å². The van der Waals surface area contributed by atoms with Gasteiger partial charge >= 0.3 is 0 Å². The van der Waals surface area contributed by atoms with Gasteiger partial charge in [0.15, 0.2) is 5.96 Å². The molecule has 27 heavy (non-hydrogen) atoms. The fraction of sp³-hybridized carbons (Fsp3) is 0.524. The van der Waals surface area contributed by atoms with Crippen LogP contribution < -0.4 is 5.32 Å². The standard InChI is InChI=1S/C21H30N4OS/c1-4-22-21(25(3)13-17-10-12-26-14-17)23-11-9-19-15-27-20(24-19)18-7-5-16(2)6-8-18/h5-8,15,17H,4,9-14H2,1-3H3,(H,22,23). The Hall–Kier alpha value is -1.92. The van der Waals surface area contributed by atoms with E-state index in [2.05, 4.69) is 60.8 Å². The molecule has 0 radical (unpaired) electrons. The van der Waals surface area contributed by atoms with Gasteiger partial charge in [-0.1, -0.05) is 29.8 Å². The van der Waals surface area contributed by atoms with Crippen molar-refractivity contribution in [2.75, 3.05) is 39.9 Å². The molecule has 1 aliphatic heterocycles. The van der Waals surface area contributed by atoms with E-state index in [9.17, 15) is 0 Å². The zero-order valence-corrected chi connectivity index (χ0v) is 17.4. The van der Waals surface area contributed by atoms with E-state index in [-0.39, 0.29) is 0 Å². The van der Waals surface area contributed by atoms with E-state index in [0.717, 1.165) is 62.4 Å². The van der Waals surface area contributed by atoms with Crippen molar-refractivity contribution >= 4 is 17.3 Å². The molecule has 0 bridgehead atoms. The van der Waals surface area contributed by atoms with Gasteiger partial charge in [0.25, 0.3) is 0 Å². The Balaban J connectivity index is 1.56. The van der Waals surface area contributed by atoms with E-state index in [4.69, 9.17) is 14.7 Å². The van der Waals surface area contributed by atoms with Gasteiger partial charge in [-0.25, -0.2) is 4.98 Å². The second-order valence-electron chi connectivity index (χ2n) is 7.11. The van der Waals surface area contributed by atoms with Gasteiger partial charge in [-0.2, -0.15) is 0 Å². The molecule has 6 heteroatoms. The van der Waals surface area contributed by atoms with Gasteiger partial charge in [0, 0.05) is 56.6 Å². The number of aryl methyl sites for hydroxylation is 1. The SMILES string of the molecule is CCNC(=NCCc1csc(-c2ccc(C)cc2)n1)N(C)CC1CCOC1. The van der Waals surface area contributed by atoms with Crippen molar-refractivity contribution in [3.63, 3.8) is 0 Å². The maximum absolute atomic E-state index is 5.49.